The van der Waals surface area contributed by atoms with Crippen molar-refractivity contribution in [3.8, 4) is 11.1 Å². The Hall–Kier alpha value is -4.10. The van der Waals surface area contributed by atoms with E-state index in [0.29, 0.717) is 10.2 Å². The number of hydrogen-bond donors (Lipinski definition) is 1. The number of thiophene rings is 1. The predicted octanol–water partition coefficient (Wildman–Crippen LogP) is 5.45. The minimum atomic E-state index is -0.150. The molecule has 0 aliphatic heterocycles. The van der Waals surface area contributed by atoms with Gasteiger partial charge in [-0.3, -0.25) is 19.1 Å². The minimum absolute atomic E-state index is 0.125. The van der Waals surface area contributed by atoms with Crippen LogP contribution in [0.2, 0.25) is 0 Å². The fourth-order valence-corrected chi connectivity index (χ4v) is 4.87. The summed E-state index contributed by atoms with van der Waals surface area (Å²) in [6, 6.07) is 19.9. The van der Waals surface area contributed by atoms with Crippen molar-refractivity contribution >= 4 is 33.1 Å². The number of rotatable bonds is 7. The highest BCUT2D eigenvalue weighted by atomic mass is 32.1. The van der Waals surface area contributed by atoms with Crippen LogP contribution in [0.1, 0.15) is 23.1 Å². The second kappa shape index (κ2) is 10.0. The Morgan fingerprint density at radius 3 is 2.43 bits per heavy atom. The number of fused-ring (bicyclic) bond motifs is 1. The summed E-state index contributed by atoms with van der Waals surface area (Å²) in [5.41, 5.74) is 5.98. The SMILES string of the molecule is Cc1ccc(-c2csc3ncn(CCC(=O)Nc4ccc(Cc5ccncc5)cc4)c(=O)c23)cc1. The molecular weight excluding hydrogens is 456 g/mol. The molecule has 5 aromatic rings. The highest BCUT2D eigenvalue weighted by Gasteiger charge is 2.14. The van der Waals surface area contributed by atoms with Crippen LogP contribution in [0.25, 0.3) is 21.3 Å². The molecule has 3 heterocycles. The number of aryl methyl sites for hydroxylation is 2. The van der Waals surface area contributed by atoms with E-state index in [-0.39, 0.29) is 24.4 Å². The van der Waals surface area contributed by atoms with Gasteiger partial charge in [0.1, 0.15) is 4.83 Å². The molecule has 0 aliphatic carbocycles. The van der Waals surface area contributed by atoms with Crippen LogP contribution in [-0.4, -0.2) is 20.4 Å². The third kappa shape index (κ3) is 5.20. The summed E-state index contributed by atoms with van der Waals surface area (Å²) in [5, 5.41) is 5.49. The summed E-state index contributed by atoms with van der Waals surface area (Å²) in [7, 11) is 0. The lowest BCUT2D eigenvalue weighted by Gasteiger charge is -2.09. The van der Waals surface area contributed by atoms with Gasteiger partial charge in [-0.25, -0.2) is 4.98 Å². The van der Waals surface area contributed by atoms with Gasteiger partial charge >= 0.3 is 0 Å². The van der Waals surface area contributed by atoms with E-state index in [9.17, 15) is 9.59 Å². The number of anilines is 1. The average molecular weight is 481 g/mol. The molecule has 35 heavy (non-hydrogen) atoms. The number of hydrogen-bond acceptors (Lipinski definition) is 5. The van der Waals surface area contributed by atoms with Crippen molar-refractivity contribution in [1.29, 1.82) is 0 Å². The summed E-state index contributed by atoms with van der Waals surface area (Å²) in [4.78, 5) is 35.0. The molecule has 0 spiro atoms. The van der Waals surface area contributed by atoms with Gasteiger partial charge in [0.2, 0.25) is 5.91 Å². The highest BCUT2D eigenvalue weighted by Crippen LogP contribution is 2.30. The fourth-order valence-electron chi connectivity index (χ4n) is 3.96. The number of aromatic nitrogens is 3. The maximum absolute atomic E-state index is 13.2. The van der Waals surface area contributed by atoms with Gasteiger partial charge in [-0.1, -0.05) is 42.0 Å². The summed E-state index contributed by atoms with van der Waals surface area (Å²) in [6.45, 7) is 2.29. The molecule has 2 aromatic carbocycles. The Kier molecular flexibility index (Phi) is 6.50. The van der Waals surface area contributed by atoms with Gasteiger partial charge in [-0.2, -0.15) is 0 Å². The van der Waals surface area contributed by atoms with Crippen LogP contribution in [0.3, 0.4) is 0 Å². The van der Waals surface area contributed by atoms with Crippen molar-refractivity contribution in [3.63, 3.8) is 0 Å². The number of pyridine rings is 1. The summed E-state index contributed by atoms with van der Waals surface area (Å²) in [6.07, 6.45) is 6.08. The standard InChI is InChI=1S/C28H24N4O2S/c1-19-2-6-22(7-3-19)24-17-35-27-26(24)28(34)32(18-30-27)15-12-25(33)31-23-8-4-20(5-9-23)16-21-10-13-29-14-11-21/h2-11,13-14,17-18H,12,15-16H2,1H3,(H,31,33). The molecule has 0 radical (unpaired) electrons. The number of nitrogens with zero attached hydrogens (tertiary/aromatic N) is 3. The first-order chi connectivity index (χ1) is 17.1. The molecule has 174 valence electrons. The highest BCUT2D eigenvalue weighted by molar-refractivity contribution is 7.17. The lowest BCUT2D eigenvalue weighted by Crippen LogP contribution is -2.23. The molecule has 0 fully saturated rings. The Morgan fingerprint density at radius 1 is 0.971 bits per heavy atom. The molecule has 6 nitrogen and oxygen atoms in total. The zero-order chi connectivity index (χ0) is 24.2. The lowest BCUT2D eigenvalue weighted by atomic mass is 10.1. The first kappa shape index (κ1) is 22.7. The maximum Gasteiger partial charge on any atom is 0.262 e. The van der Waals surface area contributed by atoms with Gasteiger partial charge in [-0.05, 0) is 54.3 Å². The van der Waals surface area contributed by atoms with Crippen LogP contribution in [-0.2, 0) is 17.8 Å². The Bertz CT molecular complexity index is 1520. The zero-order valence-electron chi connectivity index (χ0n) is 19.3. The van der Waals surface area contributed by atoms with E-state index in [1.54, 1.807) is 12.4 Å². The predicted molar refractivity (Wildman–Crippen MR) is 141 cm³/mol. The van der Waals surface area contributed by atoms with E-state index < -0.39 is 0 Å². The van der Waals surface area contributed by atoms with Crippen LogP contribution >= 0.6 is 11.3 Å². The molecular formula is C28H24N4O2S. The first-order valence-electron chi connectivity index (χ1n) is 11.4. The largest absolute Gasteiger partial charge is 0.326 e. The molecule has 0 unspecified atom stereocenters. The molecule has 3 aromatic heterocycles. The quantitative estimate of drug-likeness (QED) is 0.336. The van der Waals surface area contributed by atoms with Crippen LogP contribution in [0.5, 0.6) is 0 Å². The summed E-state index contributed by atoms with van der Waals surface area (Å²) >= 11 is 1.46. The van der Waals surface area contributed by atoms with Crippen molar-refractivity contribution in [3.05, 3.63) is 112 Å². The van der Waals surface area contributed by atoms with Crippen molar-refractivity contribution in [2.75, 3.05) is 5.32 Å². The lowest BCUT2D eigenvalue weighted by molar-refractivity contribution is -0.116. The monoisotopic (exact) mass is 480 g/mol. The second-order valence-corrected chi connectivity index (χ2v) is 9.32. The minimum Gasteiger partial charge on any atom is -0.326 e. The number of carbonyl (C=O) groups is 1. The number of carbonyl (C=O) groups excluding carboxylic acids is 1. The maximum atomic E-state index is 13.2. The van der Waals surface area contributed by atoms with Crippen molar-refractivity contribution in [2.24, 2.45) is 0 Å². The second-order valence-electron chi connectivity index (χ2n) is 8.47. The van der Waals surface area contributed by atoms with Crippen LogP contribution < -0.4 is 10.9 Å². The molecule has 0 saturated heterocycles. The van der Waals surface area contributed by atoms with Crippen LogP contribution in [0, 0.1) is 6.92 Å². The fraction of sp³-hybridized carbons (Fsp3) is 0.143. The number of benzene rings is 2. The zero-order valence-corrected chi connectivity index (χ0v) is 20.1. The van der Waals surface area contributed by atoms with Gasteiger partial charge < -0.3 is 5.32 Å². The topological polar surface area (TPSA) is 76.9 Å². The Morgan fingerprint density at radius 2 is 1.69 bits per heavy atom. The van der Waals surface area contributed by atoms with E-state index in [1.165, 1.54) is 33.4 Å². The average Bonchev–Trinajstić information content (AvgIpc) is 3.31. The van der Waals surface area contributed by atoms with Crippen LogP contribution in [0.4, 0.5) is 5.69 Å². The first-order valence-corrected chi connectivity index (χ1v) is 12.3. The molecule has 0 saturated carbocycles. The van der Waals surface area contributed by atoms with Gasteiger partial charge in [0.15, 0.2) is 0 Å². The molecule has 0 atom stereocenters. The third-order valence-electron chi connectivity index (χ3n) is 5.90. The van der Waals surface area contributed by atoms with E-state index >= 15 is 0 Å². The molecule has 0 aliphatic rings. The molecule has 0 bridgehead atoms. The normalized spacial score (nSPS) is 11.0. The number of amides is 1. The molecule has 1 N–H and O–H groups in total. The Balaban J connectivity index is 1.25. The summed E-state index contributed by atoms with van der Waals surface area (Å²) in [5.74, 6) is -0.150. The van der Waals surface area contributed by atoms with Gasteiger partial charge in [0, 0.05) is 42.0 Å². The van der Waals surface area contributed by atoms with E-state index in [4.69, 9.17) is 0 Å². The number of nitrogens with one attached hydrogen (secondary N) is 1. The third-order valence-corrected chi connectivity index (χ3v) is 6.78. The smallest absolute Gasteiger partial charge is 0.262 e. The van der Waals surface area contributed by atoms with E-state index in [1.807, 2.05) is 73.0 Å². The van der Waals surface area contributed by atoms with Crippen molar-refractivity contribution in [1.82, 2.24) is 14.5 Å². The molecule has 1 amide bonds. The summed E-state index contributed by atoms with van der Waals surface area (Å²) < 4.78 is 1.52. The Labute approximate surface area is 206 Å². The molecule has 7 heteroatoms. The molecule has 5 rings (SSSR count). The van der Waals surface area contributed by atoms with Gasteiger partial charge in [0.05, 0.1) is 11.7 Å². The van der Waals surface area contributed by atoms with Crippen molar-refractivity contribution < 1.29 is 4.79 Å². The van der Waals surface area contributed by atoms with Crippen molar-refractivity contribution in [2.45, 2.75) is 26.3 Å². The van der Waals surface area contributed by atoms with Crippen LogP contribution in [0.15, 0.2) is 89.6 Å². The van der Waals surface area contributed by atoms with E-state index in [2.05, 4.69) is 15.3 Å². The van der Waals surface area contributed by atoms with Gasteiger partial charge in [-0.15, -0.1) is 11.3 Å². The van der Waals surface area contributed by atoms with Gasteiger partial charge in [0.25, 0.3) is 5.56 Å². The van der Waals surface area contributed by atoms with E-state index in [0.717, 1.165) is 28.8 Å².